The van der Waals surface area contributed by atoms with E-state index >= 15 is 0 Å². The van der Waals surface area contributed by atoms with Gasteiger partial charge in [-0.1, -0.05) is 49.4 Å². The average molecular weight is 308 g/mol. The summed E-state index contributed by atoms with van der Waals surface area (Å²) in [6, 6.07) is 8.68. The van der Waals surface area contributed by atoms with Gasteiger partial charge in [0.1, 0.15) is 0 Å². The molecule has 0 amide bonds. The van der Waals surface area contributed by atoms with Gasteiger partial charge in [0.15, 0.2) is 0 Å². The molecule has 1 N–H and O–H groups in total. The van der Waals surface area contributed by atoms with Crippen LogP contribution >= 0.6 is 11.6 Å². The summed E-state index contributed by atoms with van der Waals surface area (Å²) in [7, 11) is 0. The molecule has 1 saturated heterocycles. The zero-order valence-electron chi connectivity index (χ0n) is 12.7. The van der Waals surface area contributed by atoms with Crippen molar-refractivity contribution in [2.75, 3.05) is 6.54 Å². The van der Waals surface area contributed by atoms with Crippen molar-refractivity contribution in [1.29, 1.82) is 0 Å². The fourth-order valence-electron chi connectivity index (χ4n) is 4.07. The first-order valence-corrected chi connectivity index (χ1v) is 8.83. The van der Waals surface area contributed by atoms with Crippen molar-refractivity contribution >= 4 is 11.6 Å². The molecule has 2 aliphatic rings. The molecule has 0 radical (unpaired) electrons. The van der Waals surface area contributed by atoms with Crippen molar-refractivity contribution in [1.82, 2.24) is 4.90 Å². The second kappa shape index (κ2) is 7.13. The number of likely N-dealkylation sites (tertiary alicyclic amines) is 1. The molecule has 0 bridgehead atoms. The average Bonchev–Trinajstić information content (AvgIpc) is 2.56. The van der Waals surface area contributed by atoms with Crippen molar-refractivity contribution < 1.29 is 5.11 Å². The Bertz CT molecular complexity index is 441. The summed E-state index contributed by atoms with van der Waals surface area (Å²) in [5.74, 6) is 0. The van der Waals surface area contributed by atoms with Crippen LogP contribution in [0.5, 0.6) is 0 Å². The van der Waals surface area contributed by atoms with Gasteiger partial charge in [-0.2, -0.15) is 0 Å². The highest BCUT2D eigenvalue weighted by Gasteiger charge is 2.34. The molecule has 2 nitrogen and oxygen atoms in total. The number of nitrogens with zero attached hydrogens (tertiary/aromatic N) is 1. The molecule has 21 heavy (non-hydrogen) atoms. The molecule has 1 saturated carbocycles. The number of piperidine rings is 1. The minimum absolute atomic E-state index is 0.281. The Morgan fingerprint density at radius 1 is 0.952 bits per heavy atom. The molecular formula is C18H26ClNO. The lowest BCUT2D eigenvalue weighted by atomic mass is 9.87. The van der Waals surface area contributed by atoms with Crippen LogP contribution in [0.3, 0.4) is 0 Å². The summed E-state index contributed by atoms with van der Waals surface area (Å²) in [6.07, 6.45) is 9.95. The van der Waals surface area contributed by atoms with E-state index in [9.17, 15) is 5.11 Å². The Balaban J connectivity index is 1.74. The Morgan fingerprint density at radius 3 is 2.33 bits per heavy atom. The highest BCUT2D eigenvalue weighted by atomic mass is 35.5. The maximum absolute atomic E-state index is 10.9. The predicted octanol–water partition coefficient (Wildman–Crippen LogP) is 4.56. The van der Waals surface area contributed by atoms with Crippen LogP contribution in [-0.4, -0.2) is 28.6 Å². The van der Waals surface area contributed by atoms with Crippen molar-refractivity contribution in [3.8, 4) is 0 Å². The van der Waals surface area contributed by atoms with E-state index in [4.69, 9.17) is 11.6 Å². The molecule has 1 aliphatic carbocycles. The molecule has 0 aromatic heterocycles. The molecule has 1 aromatic rings. The third kappa shape index (κ3) is 3.61. The molecule has 1 aliphatic heterocycles. The molecule has 3 heteroatoms. The van der Waals surface area contributed by atoms with Crippen LogP contribution in [0.15, 0.2) is 24.3 Å². The molecule has 2 fully saturated rings. The van der Waals surface area contributed by atoms with E-state index in [1.165, 1.54) is 44.9 Å². The quantitative estimate of drug-likeness (QED) is 0.885. The van der Waals surface area contributed by atoms with Crippen LogP contribution in [-0.2, 0) is 0 Å². The summed E-state index contributed by atoms with van der Waals surface area (Å²) >= 11 is 5.96. The van der Waals surface area contributed by atoms with E-state index in [0.29, 0.717) is 6.04 Å². The predicted molar refractivity (Wildman–Crippen MR) is 87.6 cm³/mol. The molecule has 2 unspecified atom stereocenters. The number of rotatable bonds is 3. The second-order valence-electron chi connectivity index (χ2n) is 6.59. The topological polar surface area (TPSA) is 23.5 Å². The van der Waals surface area contributed by atoms with Crippen molar-refractivity contribution in [2.45, 2.75) is 69.6 Å². The van der Waals surface area contributed by atoms with E-state index in [1.807, 2.05) is 24.3 Å². The molecule has 116 valence electrons. The number of halogens is 1. The Morgan fingerprint density at radius 2 is 1.62 bits per heavy atom. The largest absolute Gasteiger partial charge is 0.387 e. The maximum atomic E-state index is 10.9. The number of hydrogen-bond acceptors (Lipinski definition) is 2. The minimum atomic E-state index is -0.385. The van der Waals surface area contributed by atoms with E-state index in [0.717, 1.165) is 23.6 Å². The Hall–Kier alpha value is -0.570. The SMILES string of the molecule is OC(c1ccc(Cl)cc1)C1CCCCN1C1CCCCC1. The smallest absolute Gasteiger partial charge is 0.0945 e. The molecule has 1 aromatic carbocycles. The summed E-state index contributed by atoms with van der Waals surface area (Å²) in [5, 5.41) is 11.6. The van der Waals surface area contributed by atoms with Gasteiger partial charge in [0.2, 0.25) is 0 Å². The van der Waals surface area contributed by atoms with E-state index < -0.39 is 0 Å². The number of benzene rings is 1. The van der Waals surface area contributed by atoms with Crippen LogP contribution in [0.2, 0.25) is 5.02 Å². The van der Waals surface area contributed by atoms with Gasteiger partial charge < -0.3 is 5.11 Å². The molecule has 1 heterocycles. The van der Waals surface area contributed by atoms with Crippen molar-refractivity contribution in [3.63, 3.8) is 0 Å². The number of hydrogen-bond donors (Lipinski definition) is 1. The normalized spacial score (nSPS) is 26.7. The first-order valence-electron chi connectivity index (χ1n) is 8.45. The summed E-state index contributed by atoms with van der Waals surface area (Å²) in [4.78, 5) is 2.61. The van der Waals surface area contributed by atoms with Gasteiger partial charge >= 0.3 is 0 Å². The zero-order valence-corrected chi connectivity index (χ0v) is 13.4. The van der Waals surface area contributed by atoms with Crippen LogP contribution < -0.4 is 0 Å². The minimum Gasteiger partial charge on any atom is -0.387 e. The highest BCUT2D eigenvalue weighted by Crippen LogP contribution is 2.34. The lowest BCUT2D eigenvalue weighted by molar-refractivity contribution is -0.00949. The van der Waals surface area contributed by atoms with Gasteiger partial charge in [0, 0.05) is 17.1 Å². The van der Waals surface area contributed by atoms with Gasteiger partial charge in [0.25, 0.3) is 0 Å². The first-order chi connectivity index (χ1) is 10.3. The van der Waals surface area contributed by atoms with Gasteiger partial charge in [0.05, 0.1) is 6.10 Å². The summed E-state index contributed by atoms with van der Waals surface area (Å²) < 4.78 is 0. The first kappa shape index (κ1) is 15.3. The monoisotopic (exact) mass is 307 g/mol. The van der Waals surface area contributed by atoms with E-state index in [-0.39, 0.29) is 12.1 Å². The van der Waals surface area contributed by atoms with Gasteiger partial charge in [-0.25, -0.2) is 0 Å². The van der Waals surface area contributed by atoms with Crippen LogP contribution in [0, 0.1) is 0 Å². The molecule has 3 rings (SSSR count). The molecule has 0 spiro atoms. The number of aliphatic hydroxyl groups is 1. The van der Waals surface area contributed by atoms with Gasteiger partial charge in [-0.3, -0.25) is 4.90 Å². The second-order valence-corrected chi connectivity index (χ2v) is 7.03. The van der Waals surface area contributed by atoms with Crippen LogP contribution in [0.1, 0.15) is 63.0 Å². The molecular weight excluding hydrogens is 282 g/mol. The van der Waals surface area contributed by atoms with E-state index in [2.05, 4.69) is 4.90 Å². The van der Waals surface area contributed by atoms with Crippen LogP contribution in [0.4, 0.5) is 0 Å². The third-order valence-electron chi connectivity index (χ3n) is 5.21. The summed E-state index contributed by atoms with van der Waals surface area (Å²) in [5.41, 5.74) is 1.01. The lowest BCUT2D eigenvalue weighted by Gasteiger charge is -2.44. The molecule has 2 atom stereocenters. The van der Waals surface area contributed by atoms with Gasteiger partial charge in [-0.05, 0) is 49.9 Å². The van der Waals surface area contributed by atoms with Crippen molar-refractivity contribution in [3.05, 3.63) is 34.9 Å². The van der Waals surface area contributed by atoms with E-state index in [1.54, 1.807) is 0 Å². The van der Waals surface area contributed by atoms with Crippen molar-refractivity contribution in [2.24, 2.45) is 0 Å². The third-order valence-corrected chi connectivity index (χ3v) is 5.46. The fourth-order valence-corrected chi connectivity index (χ4v) is 4.19. The lowest BCUT2D eigenvalue weighted by Crippen LogP contribution is -2.49. The summed E-state index contributed by atoms with van der Waals surface area (Å²) in [6.45, 7) is 1.15. The Kier molecular flexibility index (Phi) is 5.20. The standard InChI is InChI=1S/C18H26ClNO/c19-15-11-9-14(10-12-15)18(21)17-8-4-5-13-20(17)16-6-2-1-3-7-16/h9-12,16-18,21H,1-8,13H2. The fraction of sp³-hybridized carbons (Fsp3) is 0.667. The zero-order chi connectivity index (χ0) is 14.7. The number of aliphatic hydroxyl groups excluding tert-OH is 1. The van der Waals surface area contributed by atoms with Gasteiger partial charge in [-0.15, -0.1) is 0 Å². The highest BCUT2D eigenvalue weighted by molar-refractivity contribution is 6.30. The Labute approximate surface area is 133 Å². The maximum Gasteiger partial charge on any atom is 0.0945 e. The van der Waals surface area contributed by atoms with Crippen LogP contribution in [0.25, 0.3) is 0 Å².